The maximum absolute atomic E-state index is 11.2. The van der Waals surface area contributed by atoms with E-state index in [9.17, 15) is 9.90 Å². The molecule has 0 aliphatic carbocycles. The van der Waals surface area contributed by atoms with Gasteiger partial charge in [0.1, 0.15) is 5.75 Å². The molecule has 0 amide bonds. The van der Waals surface area contributed by atoms with E-state index < -0.39 is 5.97 Å². The van der Waals surface area contributed by atoms with E-state index in [1.54, 1.807) is 31.6 Å². The van der Waals surface area contributed by atoms with Gasteiger partial charge in [0.2, 0.25) is 0 Å². The molecule has 0 fully saturated rings. The predicted octanol–water partition coefficient (Wildman–Crippen LogP) is 2.43. The molecule has 0 radical (unpaired) electrons. The number of aryl methyl sites for hydroxylation is 1. The van der Waals surface area contributed by atoms with Crippen LogP contribution in [0.1, 0.15) is 32.9 Å². The van der Waals surface area contributed by atoms with E-state index in [1.807, 2.05) is 25.8 Å². The first-order valence-electron chi connectivity index (χ1n) is 7.28. The van der Waals surface area contributed by atoms with Crippen molar-refractivity contribution >= 4 is 5.97 Å². The molecule has 0 atom stereocenters. The van der Waals surface area contributed by atoms with Crippen LogP contribution in [0.3, 0.4) is 0 Å². The molecular weight excluding hydrogens is 294 g/mol. The molecular formula is C17H21N3O3. The average molecular weight is 315 g/mol. The Labute approximate surface area is 135 Å². The van der Waals surface area contributed by atoms with Crippen LogP contribution in [0.2, 0.25) is 0 Å². The lowest BCUT2D eigenvalue weighted by Gasteiger charge is -2.19. The van der Waals surface area contributed by atoms with Crippen LogP contribution < -0.4 is 4.74 Å². The van der Waals surface area contributed by atoms with Gasteiger partial charge in [0.15, 0.2) is 0 Å². The van der Waals surface area contributed by atoms with Crippen LogP contribution in [0.15, 0.2) is 24.5 Å². The van der Waals surface area contributed by atoms with Crippen molar-refractivity contribution < 1.29 is 14.6 Å². The molecule has 0 bridgehead atoms. The summed E-state index contributed by atoms with van der Waals surface area (Å²) in [6, 6.07) is 3.19. The number of aromatic carboxylic acids is 1. The Kier molecular flexibility index (Phi) is 5.28. The Morgan fingerprint density at radius 3 is 2.61 bits per heavy atom. The number of pyridine rings is 2. The standard InChI is InChI=1S/C17H21N3O3/c1-11-8-19-14(12(2)16(11)23-4)9-20(3)10-15-13(17(21)22)6-5-7-18-15/h5-8H,9-10H2,1-4H3,(H,21,22). The Morgan fingerprint density at radius 1 is 1.26 bits per heavy atom. The summed E-state index contributed by atoms with van der Waals surface area (Å²) in [4.78, 5) is 21.9. The van der Waals surface area contributed by atoms with Crippen molar-refractivity contribution in [1.82, 2.24) is 14.9 Å². The Bertz CT molecular complexity index is 716. The fourth-order valence-electron chi connectivity index (χ4n) is 2.56. The molecule has 122 valence electrons. The van der Waals surface area contributed by atoms with Crippen molar-refractivity contribution in [3.63, 3.8) is 0 Å². The van der Waals surface area contributed by atoms with E-state index in [0.717, 1.165) is 22.6 Å². The van der Waals surface area contributed by atoms with E-state index >= 15 is 0 Å². The van der Waals surface area contributed by atoms with E-state index in [1.165, 1.54) is 0 Å². The van der Waals surface area contributed by atoms with E-state index in [-0.39, 0.29) is 5.56 Å². The smallest absolute Gasteiger partial charge is 0.337 e. The molecule has 2 aromatic heterocycles. The molecule has 1 N–H and O–H groups in total. The second kappa shape index (κ2) is 7.19. The topological polar surface area (TPSA) is 75.5 Å². The molecule has 0 saturated heterocycles. The average Bonchev–Trinajstić information content (AvgIpc) is 2.51. The van der Waals surface area contributed by atoms with Gasteiger partial charge >= 0.3 is 5.97 Å². The van der Waals surface area contributed by atoms with Gasteiger partial charge in [-0.15, -0.1) is 0 Å². The first-order chi connectivity index (χ1) is 10.9. The van der Waals surface area contributed by atoms with Gasteiger partial charge in [-0.1, -0.05) is 0 Å². The van der Waals surface area contributed by atoms with Gasteiger partial charge in [-0.05, 0) is 33.0 Å². The van der Waals surface area contributed by atoms with Crippen LogP contribution in [-0.2, 0) is 13.1 Å². The van der Waals surface area contributed by atoms with Crippen LogP contribution in [0.4, 0.5) is 0 Å². The molecule has 6 heteroatoms. The van der Waals surface area contributed by atoms with E-state index in [0.29, 0.717) is 18.8 Å². The highest BCUT2D eigenvalue weighted by atomic mass is 16.5. The highest BCUT2D eigenvalue weighted by Gasteiger charge is 2.15. The summed E-state index contributed by atoms with van der Waals surface area (Å²) in [5.41, 5.74) is 3.67. The van der Waals surface area contributed by atoms with Crippen LogP contribution in [0.25, 0.3) is 0 Å². The lowest BCUT2D eigenvalue weighted by atomic mass is 10.1. The van der Waals surface area contributed by atoms with Crippen molar-refractivity contribution in [2.45, 2.75) is 26.9 Å². The monoisotopic (exact) mass is 315 g/mol. The van der Waals surface area contributed by atoms with Crippen molar-refractivity contribution in [2.24, 2.45) is 0 Å². The lowest BCUT2D eigenvalue weighted by Crippen LogP contribution is -2.21. The first-order valence-corrected chi connectivity index (χ1v) is 7.28. The summed E-state index contributed by atoms with van der Waals surface area (Å²) in [7, 11) is 3.56. The minimum Gasteiger partial charge on any atom is -0.496 e. The number of ether oxygens (including phenoxy) is 1. The van der Waals surface area contributed by atoms with Crippen LogP contribution in [0, 0.1) is 13.8 Å². The van der Waals surface area contributed by atoms with Crippen LogP contribution >= 0.6 is 0 Å². The van der Waals surface area contributed by atoms with Crippen LogP contribution in [0.5, 0.6) is 5.75 Å². The second-order valence-corrected chi connectivity index (χ2v) is 5.52. The predicted molar refractivity (Wildman–Crippen MR) is 86.6 cm³/mol. The number of hydrogen-bond acceptors (Lipinski definition) is 5. The van der Waals surface area contributed by atoms with Crippen molar-refractivity contribution in [2.75, 3.05) is 14.2 Å². The van der Waals surface area contributed by atoms with Gasteiger partial charge in [0.05, 0.1) is 24.1 Å². The van der Waals surface area contributed by atoms with Crippen molar-refractivity contribution in [3.8, 4) is 5.75 Å². The molecule has 2 heterocycles. The molecule has 0 aromatic carbocycles. The third-order valence-corrected chi connectivity index (χ3v) is 3.71. The number of carboxylic acids is 1. The lowest BCUT2D eigenvalue weighted by molar-refractivity contribution is 0.0694. The summed E-state index contributed by atoms with van der Waals surface area (Å²) in [6.07, 6.45) is 3.40. The fourth-order valence-corrected chi connectivity index (χ4v) is 2.56. The number of nitrogens with zero attached hydrogens (tertiary/aromatic N) is 3. The zero-order chi connectivity index (χ0) is 17.0. The van der Waals surface area contributed by atoms with Gasteiger partial charge < -0.3 is 9.84 Å². The number of hydrogen-bond donors (Lipinski definition) is 1. The molecule has 6 nitrogen and oxygen atoms in total. The molecule has 0 aliphatic heterocycles. The number of rotatable bonds is 6. The minimum absolute atomic E-state index is 0.227. The highest BCUT2D eigenvalue weighted by molar-refractivity contribution is 5.88. The maximum Gasteiger partial charge on any atom is 0.337 e. The normalized spacial score (nSPS) is 10.8. The number of methoxy groups -OCH3 is 1. The zero-order valence-electron chi connectivity index (χ0n) is 13.8. The quantitative estimate of drug-likeness (QED) is 0.882. The van der Waals surface area contributed by atoms with Gasteiger partial charge in [-0.25, -0.2) is 4.79 Å². The van der Waals surface area contributed by atoms with Gasteiger partial charge in [-0.3, -0.25) is 14.9 Å². The number of carboxylic acid groups (broad SMARTS) is 1. The van der Waals surface area contributed by atoms with Crippen molar-refractivity contribution in [3.05, 3.63) is 52.6 Å². The second-order valence-electron chi connectivity index (χ2n) is 5.52. The van der Waals surface area contributed by atoms with Gasteiger partial charge in [-0.2, -0.15) is 0 Å². The third kappa shape index (κ3) is 3.84. The Hall–Kier alpha value is -2.47. The summed E-state index contributed by atoms with van der Waals surface area (Å²) in [5.74, 6) is -0.125. The Balaban J connectivity index is 2.18. The molecule has 2 rings (SSSR count). The van der Waals surface area contributed by atoms with E-state index in [2.05, 4.69) is 9.97 Å². The molecule has 2 aromatic rings. The maximum atomic E-state index is 11.2. The molecule has 23 heavy (non-hydrogen) atoms. The fraction of sp³-hybridized carbons (Fsp3) is 0.353. The van der Waals surface area contributed by atoms with Crippen molar-refractivity contribution in [1.29, 1.82) is 0 Å². The highest BCUT2D eigenvalue weighted by Crippen LogP contribution is 2.24. The number of carbonyl (C=O) groups is 1. The first kappa shape index (κ1) is 16.9. The molecule has 0 unspecified atom stereocenters. The summed E-state index contributed by atoms with van der Waals surface area (Å²) in [5, 5.41) is 9.22. The van der Waals surface area contributed by atoms with E-state index in [4.69, 9.17) is 4.74 Å². The molecule has 0 spiro atoms. The molecule has 0 saturated carbocycles. The summed E-state index contributed by atoms with van der Waals surface area (Å²) >= 11 is 0. The SMILES string of the molecule is COc1c(C)cnc(CN(C)Cc2ncccc2C(=O)O)c1C. The minimum atomic E-state index is -0.965. The van der Waals surface area contributed by atoms with Gasteiger partial charge in [0.25, 0.3) is 0 Å². The van der Waals surface area contributed by atoms with Gasteiger partial charge in [0, 0.05) is 36.6 Å². The number of aromatic nitrogens is 2. The Morgan fingerprint density at radius 2 is 1.96 bits per heavy atom. The third-order valence-electron chi connectivity index (χ3n) is 3.71. The summed E-state index contributed by atoms with van der Waals surface area (Å²) < 4.78 is 5.42. The molecule has 0 aliphatic rings. The van der Waals surface area contributed by atoms with Crippen LogP contribution in [-0.4, -0.2) is 40.1 Å². The summed E-state index contributed by atoms with van der Waals surface area (Å²) in [6.45, 7) is 4.95. The largest absolute Gasteiger partial charge is 0.496 e. The zero-order valence-corrected chi connectivity index (χ0v) is 13.8.